The Labute approximate surface area is 182 Å². The van der Waals surface area contributed by atoms with Gasteiger partial charge in [-0.15, -0.1) is 0 Å². The van der Waals surface area contributed by atoms with Gasteiger partial charge in [-0.2, -0.15) is 0 Å². The molecule has 1 nitrogen and oxygen atoms in total. The lowest BCUT2D eigenvalue weighted by Gasteiger charge is -2.38. The van der Waals surface area contributed by atoms with Crippen LogP contribution >= 0.6 is 11.6 Å². The molecule has 2 aromatic carbocycles. The van der Waals surface area contributed by atoms with Gasteiger partial charge in [0.1, 0.15) is 20.4 Å². The molecule has 3 heteroatoms. The topological polar surface area (TPSA) is 9.23 Å². The molecule has 0 saturated carbocycles. The van der Waals surface area contributed by atoms with Crippen LogP contribution in [-0.2, 0) is 5.41 Å². The van der Waals surface area contributed by atoms with Crippen LogP contribution in [0.2, 0.25) is 17.1 Å². The zero-order valence-corrected chi connectivity index (χ0v) is 20.1. The Kier molecular flexibility index (Phi) is 6.45. The summed E-state index contributed by atoms with van der Waals surface area (Å²) in [6.07, 6.45) is 6.52. The van der Waals surface area contributed by atoms with Gasteiger partial charge in [-0.05, 0) is 33.4 Å². The van der Waals surface area contributed by atoms with Crippen molar-refractivity contribution in [2.45, 2.75) is 57.7 Å². The molecule has 1 aliphatic carbocycles. The third-order valence-corrected chi connectivity index (χ3v) is 12.4. The minimum atomic E-state index is -2.00. The standard InChI is InChI=1S/C26H33ClOSi/c1-7-16-28-25-22(27)17-20(26(4,5)6)18-24(25)29(8-2,9-3)23-15-14-19-12-10-11-13-21(19)23/h7,10-15,17-18,23H,1,8-9,16H2,2-6H3. The lowest BCUT2D eigenvalue weighted by molar-refractivity contribution is 0.365. The molecule has 0 spiro atoms. The average molecular weight is 425 g/mol. The normalized spacial score (nSPS) is 16.0. The zero-order chi connectivity index (χ0) is 21.2. The molecular weight excluding hydrogens is 392 g/mol. The quantitative estimate of drug-likeness (QED) is 0.336. The van der Waals surface area contributed by atoms with Crippen molar-refractivity contribution in [1.82, 2.24) is 0 Å². The summed E-state index contributed by atoms with van der Waals surface area (Å²) < 4.78 is 6.20. The Morgan fingerprint density at radius 2 is 1.83 bits per heavy atom. The third kappa shape index (κ3) is 3.98. The number of allylic oxidation sites excluding steroid dienone is 1. The van der Waals surface area contributed by atoms with Gasteiger partial charge in [0.15, 0.2) is 0 Å². The van der Waals surface area contributed by atoms with E-state index < -0.39 is 8.07 Å². The van der Waals surface area contributed by atoms with Gasteiger partial charge >= 0.3 is 0 Å². The SMILES string of the molecule is C=CCOc1c(Cl)cc(C(C)(C)C)cc1[Si](CC)(CC)C1C=Cc2ccccc21. The largest absolute Gasteiger partial charge is 0.488 e. The smallest absolute Gasteiger partial charge is 0.137 e. The van der Waals surface area contributed by atoms with E-state index in [1.165, 1.54) is 21.9 Å². The minimum absolute atomic E-state index is 0.0282. The molecule has 0 N–H and O–H groups in total. The van der Waals surface area contributed by atoms with Crippen LogP contribution < -0.4 is 9.92 Å². The first-order chi connectivity index (χ1) is 13.8. The summed E-state index contributed by atoms with van der Waals surface area (Å²) in [5.74, 6) is 0.868. The number of fused-ring (bicyclic) bond motifs is 1. The molecule has 29 heavy (non-hydrogen) atoms. The summed E-state index contributed by atoms with van der Waals surface area (Å²) in [6, 6.07) is 15.6. The highest BCUT2D eigenvalue weighted by atomic mass is 35.5. The molecule has 0 amide bonds. The summed E-state index contributed by atoms with van der Waals surface area (Å²) >= 11 is 6.85. The second-order valence-electron chi connectivity index (χ2n) is 9.01. The second kappa shape index (κ2) is 8.53. The molecule has 0 bridgehead atoms. The van der Waals surface area contributed by atoms with Gasteiger partial charge < -0.3 is 4.74 Å². The molecule has 0 aliphatic heterocycles. The fourth-order valence-electron chi connectivity index (χ4n) is 4.65. The van der Waals surface area contributed by atoms with Gasteiger partial charge in [0.05, 0.1) is 5.02 Å². The number of ether oxygens (including phenoxy) is 1. The van der Waals surface area contributed by atoms with E-state index in [1.807, 2.05) is 0 Å². The number of hydrogen-bond acceptors (Lipinski definition) is 1. The van der Waals surface area contributed by atoms with Crippen molar-refractivity contribution in [2.24, 2.45) is 0 Å². The van der Waals surface area contributed by atoms with Gasteiger partial charge in [0.2, 0.25) is 0 Å². The molecule has 0 radical (unpaired) electrons. The van der Waals surface area contributed by atoms with Crippen molar-refractivity contribution < 1.29 is 4.74 Å². The van der Waals surface area contributed by atoms with Crippen molar-refractivity contribution in [1.29, 1.82) is 0 Å². The highest BCUT2D eigenvalue weighted by molar-refractivity contribution is 6.94. The van der Waals surface area contributed by atoms with Crippen molar-refractivity contribution in [3.05, 3.63) is 76.8 Å². The number of halogens is 1. The van der Waals surface area contributed by atoms with Crippen molar-refractivity contribution in [3.63, 3.8) is 0 Å². The van der Waals surface area contributed by atoms with E-state index in [0.29, 0.717) is 12.1 Å². The summed E-state index contributed by atoms with van der Waals surface area (Å²) in [7, 11) is -2.00. The second-order valence-corrected chi connectivity index (χ2v) is 14.3. The van der Waals surface area contributed by atoms with E-state index >= 15 is 0 Å². The maximum atomic E-state index is 6.85. The molecule has 0 fully saturated rings. The highest BCUT2D eigenvalue weighted by Crippen LogP contribution is 2.43. The maximum absolute atomic E-state index is 6.85. The van der Waals surface area contributed by atoms with Gasteiger partial charge in [-0.3, -0.25) is 0 Å². The molecule has 0 saturated heterocycles. The van der Waals surface area contributed by atoms with Crippen LogP contribution in [-0.4, -0.2) is 14.7 Å². The van der Waals surface area contributed by atoms with Crippen LogP contribution in [0.3, 0.4) is 0 Å². The summed E-state index contributed by atoms with van der Waals surface area (Å²) in [4.78, 5) is 0. The van der Waals surface area contributed by atoms with E-state index in [2.05, 4.69) is 89.7 Å². The van der Waals surface area contributed by atoms with Crippen LogP contribution in [0.15, 0.2) is 55.1 Å². The molecule has 2 aromatic rings. The van der Waals surface area contributed by atoms with Crippen molar-refractivity contribution in [3.8, 4) is 5.75 Å². The Hall–Kier alpha value is -1.77. The average Bonchev–Trinajstić information content (AvgIpc) is 3.12. The summed E-state index contributed by atoms with van der Waals surface area (Å²) in [5.41, 5.74) is 4.54. The number of benzene rings is 2. The summed E-state index contributed by atoms with van der Waals surface area (Å²) in [6.45, 7) is 15.7. The fraction of sp³-hybridized carbons (Fsp3) is 0.385. The predicted octanol–water partition coefficient (Wildman–Crippen LogP) is 7.25. The van der Waals surface area contributed by atoms with Crippen molar-refractivity contribution >= 4 is 30.9 Å². The lowest BCUT2D eigenvalue weighted by Crippen LogP contribution is -2.52. The molecule has 1 aliphatic rings. The van der Waals surface area contributed by atoms with Crippen LogP contribution in [0.1, 0.15) is 56.9 Å². The van der Waals surface area contributed by atoms with Crippen LogP contribution in [0.5, 0.6) is 5.75 Å². The van der Waals surface area contributed by atoms with Gasteiger partial charge in [-0.1, -0.05) is 113 Å². The monoisotopic (exact) mass is 424 g/mol. The molecule has 3 rings (SSSR count). The minimum Gasteiger partial charge on any atom is -0.488 e. The predicted molar refractivity (Wildman–Crippen MR) is 130 cm³/mol. The fourth-order valence-corrected chi connectivity index (χ4v) is 9.91. The zero-order valence-electron chi connectivity index (χ0n) is 18.4. The highest BCUT2D eigenvalue weighted by Gasteiger charge is 2.44. The molecule has 1 atom stereocenters. The molecule has 0 heterocycles. The van der Waals surface area contributed by atoms with E-state index in [4.69, 9.17) is 16.3 Å². The summed E-state index contributed by atoms with van der Waals surface area (Å²) in [5, 5.41) is 2.08. The van der Waals surface area contributed by atoms with Crippen molar-refractivity contribution in [2.75, 3.05) is 6.61 Å². The van der Waals surface area contributed by atoms with E-state index in [-0.39, 0.29) is 5.41 Å². The molecular formula is C26H33ClOSi. The van der Waals surface area contributed by atoms with E-state index in [9.17, 15) is 0 Å². The number of hydrogen-bond donors (Lipinski definition) is 0. The first-order valence-corrected chi connectivity index (χ1v) is 13.5. The first kappa shape index (κ1) is 21.9. The molecule has 0 aromatic heterocycles. The lowest BCUT2D eigenvalue weighted by atomic mass is 9.87. The first-order valence-electron chi connectivity index (χ1n) is 10.6. The van der Waals surface area contributed by atoms with Crippen LogP contribution in [0.25, 0.3) is 6.08 Å². The van der Waals surface area contributed by atoms with Gasteiger partial charge in [-0.25, -0.2) is 0 Å². The maximum Gasteiger partial charge on any atom is 0.137 e. The number of rotatable bonds is 7. The third-order valence-electron chi connectivity index (χ3n) is 6.45. The van der Waals surface area contributed by atoms with Crippen LogP contribution in [0, 0.1) is 0 Å². The van der Waals surface area contributed by atoms with E-state index in [0.717, 1.165) is 22.9 Å². The van der Waals surface area contributed by atoms with E-state index in [1.54, 1.807) is 6.08 Å². The molecule has 154 valence electrons. The Balaban J connectivity index is 2.27. The Bertz CT molecular complexity index is 919. The Morgan fingerprint density at radius 1 is 1.14 bits per heavy atom. The van der Waals surface area contributed by atoms with Gasteiger partial charge in [0.25, 0.3) is 0 Å². The molecule has 1 unspecified atom stereocenters. The van der Waals surface area contributed by atoms with Gasteiger partial charge in [0, 0.05) is 5.54 Å². The Morgan fingerprint density at radius 3 is 2.45 bits per heavy atom. The van der Waals surface area contributed by atoms with Crippen LogP contribution in [0.4, 0.5) is 0 Å².